The average Bonchev–Trinajstić information content (AvgIpc) is 2.38. The molecule has 19 heavy (non-hydrogen) atoms. The first-order valence-corrected chi connectivity index (χ1v) is 6.84. The van der Waals surface area contributed by atoms with Crippen molar-refractivity contribution in [3.8, 4) is 0 Å². The molecule has 0 aromatic heterocycles. The molecule has 1 aliphatic heterocycles. The summed E-state index contributed by atoms with van der Waals surface area (Å²) in [5, 5.41) is 0. The van der Waals surface area contributed by atoms with Crippen LogP contribution in [-0.4, -0.2) is 41.2 Å². The number of halogens is 2. The highest BCUT2D eigenvalue weighted by Gasteiger charge is 2.31. The SMILES string of the molecule is CCN1CCN(Cc2ccc(F)cc2Br)C(=O)C1=O. The number of rotatable bonds is 3. The molecule has 1 saturated heterocycles. The second-order valence-electron chi connectivity index (χ2n) is 4.35. The molecular formula is C13H14BrFN2O2. The lowest BCUT2D eigenvalue weighted by molar-refractivity contribution is -0.156. The fourth-order valence-electron chi connectivity index (χ4n) is 2.02. The van der Waals surface area contributed by atoms with Gasteiger partial charge in [-0.25, -0.2) is 4.39 Å². The third-order valence-electron chi connectivity index (χ3n) is 3.16. The number of carbonyl (C=O) groups is 2. The lowest BCUT2D eigenvalue weighted by atomic mass is 10.2. The number of nitrogens with zero attached hydrogens (tertiary/aromatic N) is 2. The van der Waals surface area contributed by atoms with E-state index in [9.17, 15) is 14.0 Å². The second-order valence-corrected chi connectivity index (χ2v) is 5.20. The molecule has 1 aliphatic rings. The molecule has 1 aromatic carbocycles. The summed E-state index contributed by atoms with van der Waals surface area (Å²) in [5.41, 5.74) is 0.785. The second kappa shape index (κ2) is 5.69. The third-order valence-corrected chi connectivity index (χ3v) is 3.89. The summed E-state index contributed by atoms with van der Waals surface area (Å²) < 4.78 is 13.6. The van der Waals surface area contributed by atoms with Crippen LogP contribution in [-0.2, 0) is 16.1 Å². The number of hydrogen-bond donors (Lipinski definition) is 0. The maximum atomic E-state index is 13.0. The van der Waals surface area contributed by atoms with Gasteiger partial charge in [0.2, 0.25) is 0 Å². The van der Waals surface area contributed by atoms with E-state index in [4.69, 9.17) is 0 Å². The molecule has 4 nitrogen and oxygen atoms in total. The van der Waals surface area contributed by atoms with Crippen molar-refractivity contribution in [3.63, 3.8) is 0 Å². The molecule has 0 spiro atoms. The summed E-state index contributed by atoms with van der Waals surface area (Å²) >= 11 is 3.26. The highest BCUT2D eigenvalue weighted by Crippen LogP contribution is 2.20. The van der Waals surface area contributed by atoms with E-state index in [0.29, 0.717) is 30.7 Å². The Bertz CT molecular complexity index is 521. The molecule has 2 amide bonds. The standard InChI is InChI=1S/C13H14BrFN2O2/c1-2-16-5-6-17(13(19)12(16)18)8-9-3-4-10(15)7-11(9)14/h3-4,7H,2,5-6,8H2,1H3. The number of carbonyl (C=O) groups excluding carboxylic acids is 2. The van der Waals surface area contributed by atoms with Crippen molar-refractivity contribution in [2.24, 2.45) is 0 Å². The van der Waals surface area contributed by atoms with Crippen LogP contribution in [0.1, 0.15) is 12.5 Å². The zero-order valence-corrected chi connectivity index (χ0v) is 12.1. The van der Waals surface area contributed by atoms with E-state index in [0.717, 1.165) is 5.56 Å². The van der Waals surface area contributed by atoms with Gasteiger partial charge >= 0.3 is 11.8 Å². The Kier molecular flexibility index (Phi) is 4.19. The summed E-state index contributed by atoms with van der Waals surface area (Å²) in [5.74, 6) is -1.30. The first-order valence-electron chi connectivity index (χ1n) is 6.05. The summed E-state index contributed by atoms with van der Waals surface area (Å²) in [6, 6.07) is 4.31. The van der Waals surface area contributed by atoms with Gasteiger partial charge in [0, 0.05) is 30.7 Å². The lowest BCUT2D eigenvalue weighted by Crippen LogP contribution is -2.53. The Balaban J connectivity index is 2.12. The molecule has 2 rings (SSSR count). The van der Waals surface area contributed by atoms with Crippen LogP contribution < -0.4 is 0 Å². The number of piperazine rings is 1. The number of likely N-dealkylation sites (N-methyl/N-ethyl adjacent to an activating group) is 1. The number of benzene rings is 1. The van der Waals surface area contributed by atoms with E-state index in [1.807, 2.05) is 6.92 Å². The Morgan fingerprint density at radius 2 is 1.84 bits per heavy atom. The number of hydrogen-bond acceptors (Lipinski definition) is 2. The van der Waals surface area contributed by atoms with Gasteiger partial charge < -0.3 is 9.80 Å². The zero-order valence-electron chi connectivity index (χ0n) is 10.5. The van der Waals surface area contributed by atoms with Crippen molar-refractivity contribution >= 4 is 27.7 Å². The van der Waals surface area contributed by atoms with Crippen molar-refractivity contribution in [2.75, 3.05) is 19.6 Å². The van der Waals surface area contributed by atoms with Gasteiger partial charge in [0.1, 0.15) is 5.82 Å². The van der Waals surface area contributed by atoms with Crippen LogP contribution in [0.4, 0.5) is 4.39 Å². The van der Waals surface area contributed by atoms with Crippen LogP contribution >= 0.6 is 15.9 Å². The Labute approximate surface area is 119 Å². The van der Waals surface area contributed by atoms with E-state index in [-0.39, 0.29) is 5.82 Å². The molecule has 1 fully saturated rings. The summed E-state index contributed by atoms with van der Waals surface area (Å²) in [4.78, 5) is 26.7. The number of amides is 2. The van der Waals surface area contributed by atoms with E-state index in [1.165, 1.54) is 21.9 Å². The van der Waals surface area contributed by atoms with E-state index in [2.05, 4.69) is 15.9 Å². The molecule has 0 saturated carbocycles. The Morgan fingerprint density at radius 1 is 1.21 bits per heavy atom. The fraction of sp³-hybridized carbons (Fsp3) is 0.385. The largest absolute Gasteiger partial charge is 0.333 e. The van der Waals surface area contributed by atoms with Crippen LogP contribution in [0.25, 0.3) is 0 Å². The highest BCUT2D eigenvalue weighted by molar-refractivity contribution is 9.10. The summed E-state index contributed by atoms with van der Waals surface area (Å²) in [6.07, 6.45) is 0. The molecule has 1 heterocycles. The Morgan fingerprint density at radius 3 is 2.47 bits per heavy atom. The molecule has 0 unspecified atom stereocenters. The zero-order chi connectivity index (χ0) is 14.0. The highest BCUT2D eigenvalue weighted by atomic mass is 79.9. The van der Waals surface area contributed by atoms with Gasteiger partial charge in [0.25, 0.3) is 0 Å². The van der Waals surface area contributed by atoms with Crippen LogP contribution in [0, 0.1) is 5.82 Å². The van der Waals surface area contributed by atoms with Crippen molar-refractivity contribution < 1.29 is 14.0 Å². The van der Waals surface area contributed by atoms with Crippen LogP contribution in [0.15, 0.2) is 22.7 Å². The lowest BCUT2D eigenvalue weighted by Gasteiger charge is -2.33. The van der Waals surface area contributed by atoms with Crippen LogP contribution in [0.3, 0.4) is 0 Å². The minimum absolute atomic E-state index is 0.309. The van der Waals surface area contributed by atoms with Gasteiger partial charge in [-0.15, -0.1) is 0 Å². The quantitative estimate of drug-likeness (QED) is 0.793. The predicted octanol–water partition coefficient (Wildman–Crippen LogP) is 1.78. The van der Waals surface area contributed by atoms with E-state index in [1.54, 1.807) is 6.07 Å². The van der Waals surface area contributed by atoms with Crippen LogP contribution in [0.2, 0.25) is 0 Å². The first kappa shape index (κ1) is 14.0. The van der Waals surface area contributed by atoms with Crippen molar-refractivity contribution in [2.45, 2.75) is 13.5 Å². The van der Waals surface area contributed by atoms with Gasteiger partial charge in [0.15, 0.2) is 0 Å². The molecule has 6 heteroatoms. The summed E-state index contributed by atoms with van der Waals surface area (Å²) in [7, 11) is 0. The van der Waals surface area contributed by atoms with Crippen molar-refractivity contribution in [1.82, 2.24) is 9.80 Å². The van der Waals surface area contributed by atoms with Crippen molar-refractivity contribution in [3.05, 3.63) is 34.1 Å². The van der Waals surface area contributed by atoms with Crippen molar-refractivity contribution in [1.29, 1.82) is 0 Å². The molecule has 0 aliphatic carbocycles. The van der Waals surface area contributed by atoms with Gasteiger partial charge in [-0.3, -0.25) is 9.59 Å². The van der Waals surface area contributed by atoms with Gasteiger partial charge in [-0.05, 0) is 24.6 Å². The minimum Gasteiger partial charge on any atom is -0.333 e. The van der Waals surface area contributed by atoms with E-state index < -0.39 is 11.8 Å². The monoisotopic (exact) mass is 328 g/mol. The van der Waals surface area contributed by atoms with E-state index >= 15 is 0 Å². The maximum Gasteiger partial charge on any atom is 0.312 e. The van der Waals surface area contributed by atoms with Gasteiger partial charge in [-0.2, -0.15) is 0 Å². The molecule has 1 aromatic rings. The molecule has 0 bridgehead atoms. The average molecular weight is 329 g/mol. The smallest absolute Gasteiger partial charge is 0.312 e. The minimum atomic E-state index is -0.496. The molecule has 0 atom stereocenters. The van der Waals surface area contributed by atoms with Gasteiger partial charge in [-0.1, -0.05) is 22.0 Å². The normalized spacial score (nSPS) is 16.2. The summed E-state index contributed by atoms with van der Waals surface area (Å²) in [6.45, 7) is 3.74. The molecular weight excluding hydrogens is 315 g/mol. The maximum absolute atomic E-state index is 13.0. The predicted molar refractivity (Wildman–Crippen MR) is 71.8 cm³/mol. The molecule has 0 radical (unpaired) electrons. The fourth-order valence-corrected chi connectivity index (χ4v) is 2.50. The first-order chi connectivity index (χ1) is 9.02. The third kappa shape index (κ3) is 2.94. The topological polar surface area (TPSA) is 40.6 Å². The van der Waals surface area contributed by atoms with Gasteiger partial charge in [0.05, 0.1) is 0 Å². The Hall–Kier alpha value is -1.43. The molecule has 102 valence electrons. The molecule has 0 N–H and O–H groups in total. The van der Waals surface area contributed by atoms with Crippen LogP contribution in [0.5, 0.6) is 0 Å².